The third-order valence-corrected chi connectivity index (χ3v) is 2.19. The summed E-state index contributed by atoms with van der Waals surface area (Å²) in [6, 6.07) is 8.54. The first kappa shape index (κ1) is 7.63. The summed E-state index contributed by atoms with van der Waals surface area (Å²) < 4.78 is 0. The van der Waals surface area contributed by atoms with Gasteiger partial charge >= 0.3 is 0 Å². The summed E-state index contributed by atoms with van der Waals surface area (Å²) in [5.74, 6) is 0. The van der Waals surface area contributed by atoms with E-state index in [-0.39, 0.29) is 0 Å². The Hall–Kier alpha value is -0.470. The minimum atomic E-state index is 1.29. The van der Waals surface area contributed by atoms with E-state index in [1.54, 1.807) is 11.8 Å². The van der Waals surface area contributed by atoms with Crippen molar-refractivity contribution in [3.8, 4) is 0 Å². The van der Waals surface area contributed by atoms with Crippen molar-refractivity contribution in [3.05, 3.63) is 24.3 Å². The van der Waals surface area contributed by atoms with Crippen LogP contribution in [-0.2, 0) is 0 Å². The third kappa shape index (κ3) is 1.75. The van der Waals surface area contributed by atoms with Gasteiger partial charge in [0.1, 0.15) is 5.69 Å². The van der Waals surface area contributed by atoms with E-state index >= 15 is 0 Å². The van der Waals surface area contributed by atoms with Crippen molar-refractivity contribution in [2.45, 2.75) is 4.90 Å². The minimum Gasteiger partial charge on any atom is -0.316 e. The molecule has 1 nitrogen and oxygen atoms in total. The number of quaternary nitrogens is 1. The normalized spacial score (nSPS) is 9.80. The summed E-state index contributed by atoms with van der Waals surface area (Å²) in [7, 11) is 2.05. The maximum absolute atomic E-state index is 2.14. The number of rotatable bonds is 2. The van der Waals surface area contributed by atoms with Crippen molar-refractivity contribution in [2.24, 2.45) is 0 Å². The quantitative estimate of drug-likeness (QED) is 0.501. The molecule has 0 fully saturated rings. The predicted octanol–water partition coefficient (Wildman–Crippen LogP) is 1.23. The molecule has 0 amide bonds. The Bertz CT molecular complexity index is 170. The lowest BCUT2D eigenvalue weighted by Gasteiger charge is -1.95. The lowest BCUT2D eigenvalue weighted by Crippen LogP contribution is -2.72. The molecule has 0 aromatic heterocycles. The molecule has 0 spiro atoms. The molecular weight excluding hydrogens is 142 g/mol. The maximum atomic E-state index is 2.14. The molecule has 0 radical (unpaired) electrons. The highest BCUT2D eigenvalue weighted by Gasteiger charge is 1.91. The average molecular weight is 154 g/mol. The van der Waals surface area contributed by atoms with Crippen molar-refractivity contribution in [1.29, 1.82) is 0 Å². The highest BCUT2D eigenvalue weighted by Crippen LogP contribution is 2.14. The van der Waals surface area contributed by atoms with Crippen molar-refractivity contribution in [3.63, 3.8) is 0 Å². The van der Waals surface area contributed by atoms with E-state index in [2.05, 4.69) is 35.8 Å². The van der Waals surface area contributed by atoms with Gasteiger partial charge in [-0.2, -0.15) is 0 Å². The van der Waals surface area contributed by atoms with Crippen LogP contribution in [0, 0.1) is 0 Å². The van der Waals surface area contributed by atoms with Crippen LogP contribution in [0.3, 0.4) is 0 Å². The number of thioether (sulfide) groups is 1. The summed E-state index contributed by atoms with van der Waals surface area (Å²) in [5.41, 5.74) is 1.29. The van der Waals surface area contributed by atoms with E-state index in [1.165, 1.54) is 10.6 Å². The molecule has 0 saturated heterocycles. The first-order chi connectivity index (χ1) is 4.86. The van der Waals surface area contributed by atoms with Gasteiger partial charge in [0.05, 0.1) is 7.05 Å². The topological polar surface area (TPSA) is 16.6 Å². The first-order valence-corrected chi connectivity index (χ1v) is 4.52. The van der Waals surface area contributed by atoms with Crippen LogP contribution in [0.15, 0.2) is 29.2 Å². The fourth-order valence-corrected chi connectivity index (χ4v) is 1.20. The number of benzene rings is 1. The van der Waals surface area contributed by atoms with E-state index in [0.29, 0.717) is 0 Å². The van der Waals surface area contributed by atoms with Gasteiger partial charge in [-0.3, -0.25) is 0 Å². The van der Waals surface area contributed by atoms with Gasteiger partial charge in [-0.05, 0) is 18.4 Å². The Morgan fingerprint density at radius 3 is 2.20 bits per heavy atom. The van der Waals surface area contributed by atoms with E-state index in [4.69, 9.17) is 0 Å². The van der Waals surface area contributed by atoms with Crippen LogP contribution in [-0.4, -0.2) is 13.3 Å². The summed E-state index contributed by atoms with van der Waals surface area (Å²) in [4.78, 5) is 1.32. The zero-order valence-electron chi connectivity index (χ0n) is 6.29. The zero-order valence-corrected chi connectivity index (χ0v) is 7.11. The van der Waals surface area contributed by atoms with Gasteiger partial charge in [0.25, 0.3) is 0 Å². The standard InChI is InChI=1S/C8H11NS/c1-9-7-3-5-8(10-2)6-4-7/h3-6,9H,1-2H3/p+1. The molecule has 0 heterocycles. The lowest BCUT2D eigenvalue weighted by molar-refractivity contribution is -0.539. The fraction of sp³-hybridized carbons (Fsp3) is 0.250. The highest BCUT2D eigenvalue weighted by molar-refractivity contribution is 7.98. The Labute approximate surface area is 65.8 Å². The van der Waals surface area contributed by atoms with Gasteiger partial charge in [-0.15, -0.1) is 11.8 Å². The molecule has 0 saturated carbocycles. The molecule has 0 atom stereocenters. The molecule has 0 bridgehead atoms. The fourth-order valence-electron chi connectivity index (χ4n) is 0.796. The second kappa shape index (κ2) is 3.64. The van der Waals surface area contributed by atoms with Crippen LogP contribution in [0.2, 0.25) is 0 Å². The second-order valence-electron chi connectivity index (χ2n) is 2.06. The monoisotopic (exact) mass is 154 g/mol. The molecule has 1 aromatic carbocycles. The van der Waals surface area contributed by atoms with Crippen LogP contribution in [0.4, 0.5) is 5.69 Å². The number of hydrogen-bond donors (Lipinski definition) is 1. The minimum absolute atomic E-state index is 1.29. The smallest absolute Gasteiger partial charge is 0.129 e. The molecule has 0 aliphatic carbocycles. The number of hydrogen-bond acceptors (Lipinski definition) is 1. The van der Waals surface area contributed by atoms with Crippen molar-refractivity contribution in [2.75, 3.05) is 13.3 Å². The largest absolute Gasteiger partial charge is 0.316 e. The molecule has 54 valence electrons. The van der Waals surface area contributed by atoms with Crippen LogP contribution in [0.5, 0.6) is 0 Å². The highest BCUT2D eigenvalue weighted by atomic mass is 32.2. The number of nitrogens with two attached hydrogens (primary N) is 1. The van der Waals surface area contributed by atoms with Gasteiger partial charge in [-0.25, -0.2) is 0 Å². The average Bonchev–Trinajstić information content (AvgIpc) is 2.05. The van der Waals surface area contributed by atoms with Gasteiger partial charge in [0, 0.05) is 17.0 Å². The molecule has 0 aliphatic rings. The van der Waals surface area contributed by atoms with E-state index < -0.39 is 0 Å². The van der Waals surface area contributed by atoms with Gasteiger partial charge < -0.3 is 5.32 Å². The molecule has 0 aliphatic heterocycles. The molecule has 1 rings (SSSR count). The van der Waals surface area contributed by atoms with Crippen molar-refractivity contribution in [1.82, 2.24) is 0 Å². The third-order valence-electron chi connectivity index (χ3n) is 1.45. The van der Waals surface area contributed by atoms with Gasteiger partial charge in [0.15, 0.2) is 0 Å². The SMILES string of the molecule is C[NH2+]c1ccc(SC)cc1. The Morgan fingerprint density at radius 2 is 1.80 bits per heavy atom. The van der Waals surface area contributed by atoms with Crippen LogP contribution in [0.1, 0.15) is 0 Å². The van der Waals surface area contributed by atoms with Crippen LogP contribution >= 0.6 is 11.8 Å². The van der Waals surface area contributed by atoms with E-state index in [0.717, 1.165) is 0 Å². The Kier molecular flexibility index (Phi) is 2.78. The zero-order chi connectivity index (χ0) is 7.40. The Morgan fingerprint density at radius 1 is 1.20 bits per heavy atom. The molecule has 0 unspecified atom stereocenters. The van der Waals surface area contributed by atoms with Crippen LogP contribution < -0.4 is 5.32 Å². The first-order valence-electron chi connectivity index (χ1n) is 3.30. The lowest BCUT2D eigenvalue weighted by atomic mass is 10.3. The van der Waals surface area contributed by atoms with E-state index in [1.807, 2.05) is 7.05 Å². The summed E-state index contributed by atoms with van der Waals surface area (Å²) in [5, 5.41) is 2.10. The maximum Gasteiger partial charge on any atom is 0.129 e. The van der Waals surface area contributed by atoms with Gasteiger partial charge in [-0.1, -0.05) is 0 Å². The molecule has 2 N–H and O–H groups in total. The Balaban J connectivity index is 2.80. The summed E-state index contributed by atoms with van der Waals surface area (Å²) in [6.07, 6.45) is 2.09. The van der Waals surface area contributed by atoms with Crippen molar-refractivity contribution >= 4 is 17.4 Å². The molecule has 10 heavy (non-hydrogen) atoms. The summed E-state index contributed by atoms with van der Waals surface area (Å²) >= 11 is 1.77. The van der Waals surface area contributed by atoms with Crippen LogP contribution in [0.25, 0.3) is 0 Å². The summed E-state index contributed by atoms with van der Waals surface area (Å²) in [6.45, 7) is 0. The van der Waals surface area contributed by atoms with E-state index in [9.17, 15) is 0 Å². The molecule has 2 heteroatoms. The van der Waals surface area contributed by atoms with Gasteiger partial charge in [0.2, 0.25) is 0 Å². The molecule has 1 aromatic rings. The van der Waals surface area contributed by atoms with Crippen molar-refractivity contribution < 1.29 is 5.32 Å². The predicted molar refractivity (Wildman–Crippen MR) is 45.7 cm³/mol. The molecular formula is C8H12NS+. The second-order valence-corrected chi connectivity index (χ2v) is 2.94.